The van der Waals surface area contributed by atoms with E-state index in [0.29, 0.717) is 0 Å². The molecule has 0 spiro atoms. The molecule has 3 rings (SSSR count). The van der Waals surface area contributed by atoms with Gasteiger partial charge in [0, 0.05) is 6.92 Å². The molecule has 1 aliphatic rings. The van der Waals surface area contributed by atoms with E-state index in [1.165, 1.54) is 6.92 Å². The Bertz CT molecular complexity index is 833. The van der Waals surface area contributed by atoms with Crippen molar-refractivity contribution in [2.45, 2.75) is 44.6 Å². The van der Waals surface area contributed by atoms with E-state index in [1.54, 1.807) is 24.3 Å². The summed E-state index contributed by atoms with van der Waals surface area (Å²) in [5.74, 6) is -0.760. The fourth-order valence-corrected chi connectivity index (χ4v) is 3.62. The van der Waals surface area contributed by atoms with E-state index >= 15 is 0 Å². The van der Waals surface area contributed by atoms with Crippen molar-refractivity contribution in [3.05, 3.63) is 71.8 Å². The molecule has 0 amide bonds. The summed E-state index contributed by atoms with van der Waals surface area (Å²) >= 11 is 0. The molecule has 0 aromatic heterocycles. The summed E-state index contributed by atoms with van der Waals surface area (Å²) in [6.45, 7) is 5.05. The summed E-state index contributed by atoms with van der Waals surface area (Å²) in [7, 11) is 0. The van der Waals surface area contributed by atoms with Crippen LogP contribution in [0.2, 0.25) is 0 Å². The molecule has 0 bridgehead atoms. The molecule has 4 nitrogen and oxygen atoms in total. The molecule has 2 aromatic carbocycles. The van der Waals surface area contributed by atoms with Crippen LogP contribution in [0.1, 0.15) is 60.5 Å². The lowest BCUT2D eigenvalue weighted by Gasteiger charge is -2.37. The Hall–Kier alpha value is -2.88. The van der Waals surface area contributed by atoms with Crippen molar-refractivity contribution < 1.29 is 19.1 Å². The number of rotatable bonds is 5. The third-order valence-electron chi connectivity index (χ3n) is 4.96. The smallest absolute Gasteiger partial charge is 0.342 e. The maximum absolute atomic E-state index is 13.1. The van der Waals surface area contributed by atoms with E-state index in [2.05, 4.69) is 6.58 Å². The number of benzene rings is 2. The number of carbonyl (C=O) groups excluding carboxylic acids is 2. The Morgan fingerprint density at radius 2 is 1.74 bits per heavy atom. The highest BCUT2D eigenvalue weighted by atomic mass is 16.6. The minimum atomic E-state index is -0.645. The molecule has 0 atom stereocenters. The maximum atomic E-state index is 13.1. The predicted molar refractivity (Wildman–Crippen MR) is 104 cm³/mol. The van der Waals surface area contributed by atoms with Gasteiger partial charge in [-0.15, -0.1) is 0 Å². The Kier molecular flexibility index (Phi) is 5.75. The summed E-state index contributed by atoms with van der Waals surface area (Å²) in [6, 6.07) is 14.9. The monoisotopic (exact) mass is 364 g/mol. The van der Waals surface area contributed by atoms with E-state index in [4.69, 9.17) is 9.47 Å². The van der Waals surface area contributed by atoms with Gasteiger partial charge in [0.15, 0.2) is 0 Å². The van der Waals surface area contributed by atoms with E-state index in [0.717, 1.165) is 43.2 Å². The minimum Gasteiger partial charge on any atom is -0.450 e. The molecule has 0 heterocycles. The van der Waals surface area contributed by atoms with Gasteiger partial charge in [0.05, 0.1) is 0 Å². The van der Waals surface area contributed by atoms with Gasteiger partial charge in [0.2, 0.25) is 0 Å². The van der Waals surface area contributed by atoms with Crippen molar-refractivity contribution in [3.8, 4) is 5.75 Å². The SMILES string of the molecule is C=Cc1ccc(OC(C)=O)c(C(=O)OC2(c3ccccc3)CCCCC2)c1. The lowest BCUT2D eigenvalue weighted by atomic mass is 9.79. The topological polar surface area (TPSA) is 52.6 Å². The van der Waals surface area contributed by atoms with Crippen LogP contribution in [0, 0.1) is 0 Å². The molecule has 1 saturated carbocycles. The van der Waals surface area contributed by atoms with Crippen LogP contribution in [-0.2, 0) is 15.1 Å². The van der Waals surface area contributed by atoms with Crippen LogP contribution in [0.25, 0.3) is 6.08 Å². The van der Waals surface area contributed by atoms with Crippen molar-refractivity contribution in [1.29, 1.82) is 0 Å². The average molecular weight is 364 g/mol. The minimum absolute atomic E-state index is 0.206. The molecule has 0 aliphatic heterocycles. The van der Waals surface area contributed by atoms with Crippen LogP contribution >= 0.6 is 0 Å². The zero-order valence-electron chi connectivity index (χ0n) is 15.6. The molecule has 4 heteroatoms. The quantitative estimate of drug-likeness (QED) is 0.536. The largest absolute Gasteiger partial charge is 0.450 e. The number of carbonyl (C=O) groups is 2. The third-order valence-corrected chi connectivity index (χ3v) is 4.96. The molecule has 0 N–H and O–H groups in total. The van der Waals surface area contributed by atoms with Gasteiger partial charge in [-0.05, 0) is 48.9 Å². The lowest BCUT2D eigenvalue weighted by Crippen LogP contribution is -2.35. The van der Waals surface area contributed by atoms with Crippen molar-refractivity contribution in [2.75, 3.05) is 0 Å². The summed E-state index contributed by atoms with van der Waals surface area (Å²) in [6.07, 6.45) is 6.36. The highest BCUT2D eigenvalue weighted by Crippen LogP contribution is 2.41. The van der Waals surface area contributed by atoms with Crippen molar-refractivity contribution in [3.63, 3.8) is 0 Å². The van der Waals surface area contributed by atoms with E-state index in [9.17, 15) is 9.59 Å². The molecule has 1 aliphatic carbocycles. The van der Waals surface area contributed by atoms with Crippen molar-refractivity contribution >= 4 is 18.0 Å². The summed E-state index contributed by atoms with van der Waals surface area (Å²) < 4.78 is 11.3. The summed E-state index contributed by atoms with van der Waals surface area (Å²) in [4.78, 5) is 24.5. The highest BCUT2D eigenvalue weighted by Gasteiger charge is 2.38. The molecule has 27 heavy (non-hydrogen) atoms. The second-order valence-corrected chi connectivity index (χ2v) is 6.86. The van der Waals surface area contributed by atoms with Gasteiger partial charge < -0.3 is 9.47 Å². The van der Waals surface area contributed by atoms with Crippen LogP contribution in [0.3, 0.4) is 0 Å². The maximum Gasteiger partial charge on any atom is 0.342 e. The van der Waals surface area contributed by atoms with Gasteiger partial charge in [-0.1, -0.05) is 55.5 Å². The summed E-state index contributed by atoms with van der Waals surface area (Å²) in [5.41, 5.74) is 1.36. The zero-order valence-corrected chi connectivity index (χ0v) is 15.6. The zero-order chi connectivity index (χ0) is 19.3. The van der Waals surface area contributed by atoms with Crippen LogP contribution in [0.4, 0.5) is 0 Å². The number of ether oxygens (including phenoxy) is 2. The lowest BCUT2D eigenvalue weighted by molar-refractivity contribution is -0.131. The molecular weight excluding hydrogens is 340 g/mol. The fraction of sp³-hybridized carbons (Fsp3) is 0.304. The number of hydrogen-bond donors (Lipinski definition) is 0. The van der Waals surface area contributed by atoms with Gasteiger partial charge in [-0.3, -0.25) is 4.79 Å². The normalized spacial score (nSPS) is 15.6. The first kappa shape index (κ1) is 18.9. The fourth-order valence-electron chi connectivity index (χ4n) is 3.62. The van der Waals surface area contributed by atoms with Gasteiger partial charge >= 0.3 is 11.9 Å². The Morgan fingerprint density at radius 3 is 2.37 bits per heavy atom. The molecule has 2 aromatic rings. The van der Waals surface area contributed by atoms with E-state index < -0.39 is 17.5 Å². The second kappa shape index (κ2) is 8.21. The Balaban J connectivity index is 1.96. The van der Waals surface area contributed by atoms with E-state index in [1.807, 2.05) is 30.3 Å². The van der Waals surface area contributed by atoms with Crippen LogP contribution in [0.15, 0.2) is 55.1 Å². The number of hydrogen-bond acceptors (Lipinski definition) is 4. The first-order valence-corrected chi connectivity index (χ1v) is 9.28. The van der Waals surface area contributed by atoms with Gasteiger partial charge in [-0.2, -0.15) is 0 Å². The van der Waals surface area contributed by atoms with Crippen LogP contribution < -0.4 is 4.74 Å². The third kappa shape index (κ3) is 4.27. The van der Waals surface area contributed by atoms with Crippen molar-refractivity contribution in [2.24, 2.45) is 0 Å². The standard InChI is InChI=1S/C23H24O4/c1-3-18-12-13-21(26-17(2)24)20(16-18)22(25)27-23(14-8-5-9-15-23)19-10-6-4-7-11-19/h3-4,6-7,10-13,16H,1,5,8-9,14-15H2,2H3. The predicted octanol–water partition coefficient (Wildman–Crippen LogP) is 5.27. The van der Waals surface area contributed by atoms with Crippen LogP contribution in [-0.4, -0.2) is 11.9 Å². The first-order valence-electron chi connectivity index (χ1n) is 9.28. The molecular formula is C23H24O4. The summed E-state index contributed by atoms with van der Waals surface area (Å²) in [5, 5.41) is 0. The Morgan fingerprint density at radius 1 is 1.04 bits per heavy atom. The molecule has 0 saturated heterocycles. The molecule has 140 valence electrons. The molecule has 0 unspecified atom stereocenters. The van der Waals surface area contributed by atoms with Gasteiger partial charge in [0.25, 0.3) is 0 Å². The van der Waals surface area contributed by atoms with Gasteiger partial charge in [-0.25, -0.2) is 4.79 Å². The first-order chi connectivity index (χ1) is 13.0. The highest BCUT2D eigenvalue weighted by molar-refractivity contribution is 5.94. The van der Waals surface area contributed by atoms with Crippen LogP contribution in [0.5, 0.6) is 5.75 Å². The molecule has 1 fully saturated rings. The molecule has 0 radical (unpaired) electrons. The second-order valence-electron chi connectivity index (χ2n) is 6.86. The van der Waals surface area contributed by atoms with Crippen molar-refractivity contribution in [1.82, 2.24) is 0 Å². The van der Waals surface area contributed by atoms with Gasteiger partial charge in [0.1, 0.15) is 16.9 Å². The average Bonchev–Trinajstić information content (AvgIpc) is 2.69. The number of esters is 2. The Labute approximate surface area is 159 Å². The van der Waals surface area contributed by atoms with E-state index in [-0.39, 0.29) is 11.3 Å².